The van der Waals surface area contributed by atoms with Gasteiger partial charge in [-0.15, -0.1) is 0 Å². The molecule has 70 heavy (non-hydrogen) atoms. The number of nitrogens with zero attached hydrogens (tertiary/aromatic N) is 3. The first-order valence-electron chi connectivity index (χ1n) is 24.1. The van der Waals surface area contributed by atoms with Gasteiger partial charge in [0.1, 0.15) is 12.2 Å². The van der Waals surface area contributed by atoms with E-state index < -0.39 is 32.1 Å². The average molecular weight is 992 g/mol. The van der Waals surface area contributed by atoms with Gasteiger partial charge in [-0.05, 0) is 160 Å². The SMILES string of the molecule is Cc1cc2c(c(NC(=O)NS(C)(=O)=O)c1-c1ccnc(O[C@H]3CC[C@@H](OCC4CCc5c4cc(C)c(-c4ccnc(OC6CCN(C)CC6)c4)c5NC(=O)NS(=O)(=O)c4ccccc4)CC3)c1)CCC2. The molecule has 18 heteroatoms. The van der Waals surface area contributed by atoms with Crippen molar-refractivity contribution in [3.8, 4) is 34.0 Å². The monoisotopic (exact) mass is 991 g/mol. The molecular weight excluding hydrogens is 931 g/mol. The minimum atomic E-state index is -4.15. The predicted octanol–water partition coefficient (Wildman–Crippen LogP) is 8.42. The molecule has 1 unspecified atom stereocenters. The van der Waals surface area contributed by atoms with Crippen molar-refractivity contribution in [3.63, 3.8) is 0 Å². The molecule has 2 fully saturated rings. The molecule has 0 bridgehead atoms. The number of likely N-dealkylation sites (tertiary alicyclic amines) is 1. The Labute approximate surface area is 410 Å². The van der Waals surface area contributed by atoms with Gasteiger partial charge in [0, 0.05) is 54.7 Å². The second-order valence-corrected chi connectivity index (χ2v) is 22.5. The number of benzene rings is 3. The highest BCUT2D eigenvalue weighted by atomic mass is 32.2. The molecule has 370 valence electrons. The van der Waals surface area contributed by atoms with E-state index in [0.717, 1.165) is 139 Å². The first-order valence-corrected chi connectivity index (χ1v) is 27.5. The summed E-state index contributed by atoms with van der Waals surface area (Å²) in [6.45, 7) is 6.36. The van der Waals surface area contributed by atoms with Gasteiger partial charge in [-0.3, -0.25) is 0 Å². The molecule has 1 atom stereocenters. The van der Waals surface area contributed by atoms with Gasteiger partial charge in [0.2, 0.25) is 21.8 Å². The van der Waals surface area contributed by atoms with Gasteiger partial charge in [0.05, 0.1) is 35.2 Å². The molecule has 3 aliphatic carbocycles. The number of hydrogen-bond acceptors (Lipinski definition) is 12. The fourth-order valence-electron chi connectivity index (χ4n) is 10.6. The van der Waals surface area contributed by atoms with Crippen molar-refractivity contribution < 1.29 is 40.6 Å². The van der Waals surface area contributed by atoms with Crippen molar-refractivity contribution in [2.45, 2.75) is 114 Å². The number of urea groups is 2. The highest BCUT2D eigenvalue weighted by Gasteiger charge is 2.32. The second-order valence-electron chi connectivity index (χ2n) is 19.1. The van der Waals surface area contributed by atoms with Crippen LogP contribution in [0.1, 0.15) is 90.7 Å². The zero-order valence-corrected chi connectivity index (χ0v) is 41.7. The molecule has 9 rings (SSSR count). The Hall–Kier alpha value is -6.08. The predicted molar refractivity (Wildman–Crippen MR) is 268 cm³/mol. The molecule has 5 aromatic rings. The number of aryl methyl sites for hydroxylation is 3. The molecule has 4 amide bonds. The summed E-state index contributed by atoms with van der Waals surface area (Å²) >= 11 is 0. The van der Waals surface area contributed by atoms with Gasteiger partial charge in [0.15, 0.2) is 0 Å². The first kappa shape index (κ1) is 48.9. The van der Waals surface area contributed by atoms with Gasteiger partial charge in [0.25, 0.3) is 10.0 Å². The summed E-state index contributed by atoms with van der Waals surface area (Å²) in [6, 6.07) is 18.0. The van der Waals surface area contributed by atoms with Gasteiger partial charge in [-0.2, -0.15) is 0 Å². The van der Waals surface area contributed by atoms with Gasteiger partial charge in [-0.25, -0.2) is 45.8 Å². The fraction of sp³-hybridized carbons (Fsp3) is 0.423. The van der Waals surface area contributed by atoms with E-state index in [9.17, 15) is 26.4 Å². The third-order valence-electron chi connectivity index (χ3n) is 13.9. The topological polar surface area (TPSA) is 207 Å². The Morgan fingerprint density at radius 2 is 1.24 bits per heavy atom. The molecule has 1 aliphatic heterocycles. The lowest BCUT2D eigenvalue weighted by Gasteiger charge is -2.30. The quantitative estimate of drug-likeness (QED) is 0.0827. The van der Waals surface area contributed by atoms with E-state index in [1.165, 1.54) is 12.1 Å². The minimum absolute atomic E-state index is 0.0139. The van der Waals surface area contributed by atoms with Crippen molar-refractivity contribution in [1.82, 2.24) is 24.3 Å². The van der Waals surface area contributed by atoms with E-state index in [2.05, 4.69) is 49.4 Å². The maximum absolute atomic E-state index is 13.7. The van der Waals surface area contributed by atoms with Crippen LogP contribution in [0.4, 0.5) is 21.0 Å². The standard InChI is InChI=1S/C52H61N7O9S2/c1-32-27-34-9-8-12-42(34)49(55-51(60)57-69(4,62)63)47(32)35-19-23-53-45(29-35)67-39-16-14-38(15-17-39)66-31-37-13-18-43-44(37)28-33(2)48(36-20-24-54-46(30-36)68-40-21-25-59(3)26-22-40)50(43)56-52(61)58-70(64,65)41-10-6-5-7-11-41/h5-7,10-11,19-20,23-24,27-30,37-40H,8-9,12-18,21-22,25-26,31H2,1-4H3,(H2,55,57,60)(H2,56,58,61)/t37?,38-,39+. The lowest BCUT2D eigenvalue weighted by Crippen LogP contribution is -2.35. The van der Waals surface area contributed by atoms with Crippen molar-refractivity contribution in [2.75, 3.05) is 43.6 Å². The van der Waals surface area contributed by atoms with Gasteiger partial charge in [-0.1, -0.05) is 30.3 Å². The normalized spacial score (nSPS) is 19.5. The second kappa shape index (κ2) is 20.7. The molecule has 1 saturated carbocycles. The van der Waals surface area contributed by atoms with Crippen LogP contribution in [0.2, 0.25) is 0 Å². The smallest absolute Gasteiger partial charge is 0.333 e. The number of amides is 4. The summed E-state index contributed by atoms with van der Waals surface area (Å²) in [5.41, 5.74) is 10.4. The van der Waals surface area contributed by atoms with Crippen LogP contribution >= 0.6 is 0 Å². The summed E-state index contributed by atoms with van der Waals surface area (Å²) in [4.78, 5) is 37.9. The summed E-state index contributed by atoms with van der Waals surface area (Å²) in [5.74, 6) is 1.02. The van der Waals surface area contributed by atoms with Crippen molar-refractivity contribution >= 4 is 43.5 Å². The molecule has 2 aromatic heterocycles. The van der Waals surface area contributed by atoms with Crippen LogP contribution in [-0.4, -0.2) is 95.1 Å². The van der Waals surface area contributed by atoms with Gasteiger partial charge < -0.3 is 29.7 Å². The summed E-state index contributed by atoms with van der Waals surface area (Å²) in [7, 11) is -5.81. The number of anilines is 2. The number of piperidine rings is 1. The number of carbonyl (C=O) groups excluding carboxylic acids is 2. The summed E-state index contributed by atoms with van der Waals surface area (Å²) in [6.07, 6.45) is 13.3. The Bertz CT molecular complexity index is 2990. The fourth-order valence-corrected chi connectivity index (χ4v) is 11.9. The number of hydrogen-bond donors (Lipinski definition) is 4. The number of sulfonamides is 2. The van der Waals surface area contributed by atoms with Crippen LogP contribution in [0.15, 0.2) is 84.0 Å². The lowest BCUT2D eigenvalue weighted by molar-refractivity contribution is -0.00417. The molecule has 1 saturated heterocycles. The Morgan fingerprint density at radius 3 is 1.87 bits per heavy atom. The third-order valence-corrected chi connectivity index (χ3v) is 15.8. The number of aromatic nitrogens is 2. The van der Waals surface area contributed by atoms with E-state index in [0.29, 0.717) is 36.2 Å². The van der Waals surface area contributed by atoms with E-state index in [1.807, 2.05) is 42.8 Å². The highest BCUT2D eigenvalue weighted by Crippen LogP contribution is 2.46. The van der Waals surface area contributed by atoms with Crippen molar-refractivity contribution in [2.24, 2.45) is 0 Å². The number of pyridine rings is 2. The number of nitrogens with one attached hydrogen (secondary N) is 4. The van der Waals surface area contributed by atoms with Crippen LogP contribution in [0, 0.1) is 13.8 Å². The number of fused-ring (bicyclic) bond motifs is 2. The zero-order valence-electron chi connectivity index (χ0n) is 40.0. The van der Waals surface area contributed by atoms with Crippen LogP contribution in [0.5, 0.6) is 11.8 Å². The molecule has 0 radical (unpaired) electrons. The molecule has 4 N–H and O–H groups in total. The molecule has 0 spiro atoms. The van der Waals surface area contributed by atoms with E-state index >= 15 is 0 Å². The maximum Gasteiger partial charge on any atom is 0.333 e. The third kappa shape index (κ3) is 11.4. The Kier molecular flexibility index (Phi) is 14.5. The first-order chi connectivity index (χ1) is 33.6. The van der Waals surface area contributed by atoms with Crippen molar-refractivity contribution in [1.29, 1.82) is 0 Å². The van der Waals surface area contributed by atoms with Gasteiger partial charge >= 0.3 is 12.1 Å². The minimum Gasteiger partial charge on any atom is -0.474 e. The van der Waals surface area contributed by atoms with Crippen molar-refractivity contribution in [3.05, 3.63) is 113 Å². The van der Waals surface area contributed by atoms with Crippen LogP contribution < -0.4 is 29.6 Å². The maximum atomic E-state index is 13.7. The summed E-state index contributed by atoms with van der Waals surface area (Å²) < 4.78 is 74.0. The molecule has 16 nitrogen and oxygen atoms in total. The number of ether oxygens (including phenoxy) is 3. The Balaban J connectivity index is 0.879. The van der Waals surface area contributed by atoms with E-state index in [1.54, 1.807) is 30.6 Å². The highest BCUT2D eigenvalue weighted by molar-refractivity contribution is 7.90. The molecule has 3 aromatic carbocycles. The Morgan fingerprint density at radius 1 is 0.671 bits per heavy atom. The van der Waals surface area contributed by atoms with Crippen LogP contribution in [0.3, 0.4) is 0 Å². The zero-order chi connectivity index (χ0) is 49.2. The number of carbonyl (C=O) groups is 2. The largest absolute Gasteiger partial charge is 0.474 e. The van der Waals surface area contributed by atoms with Crippen LogP contribution in [0.25, 0.3) is 22.3 Å². The van der Waals surface area contributed by atoms with E-state index in [4.69, 9.17) is 14.2 Å². The summed E-state index contributed by atoms with van der Waals surface area (Å²) in [5, 5.41) is 5.83. The molecule has 4 aliphatic rings. The molecule has 3 heterocycles. The van der Waals surface area contributed by atoms with E-state index in [-0.39, 0.29) is 29.1 Å². The average Bonchev–Trinajstić information content (AvgIpc) is 3.96. The molecular formula is C52H61N7O9S2. The number of rotatable bonds is 14. The lowest BCUT2D eigenvalue weighted by atomic mass is 9.91. The van der Waals surface area contributed by atoms with Crippen LogP contribution in [-0.2, 0) is 44.0 Å².